The lowest BCUT2D eigenvalue weighted by molar-refractivity contribution is 0.137. The van der Waals surface area contributed by atoms with E-state index in [-0.39, 0.29) is 0 Å². The highest BCUT2D eigenvalue weighted by molar-refractivity contribution is 5.86. The van der Waals surface area contributed by atoms with Crippen LogP contribution in [0.25, 0.3) is 10.9 Å². The molecule has 1 aromatic heterocycles. The minimum absolute atomic E-state index is 0.645. The molecule has 2 aromatic rings. The van der Waals surface area contributed by atoms with Gasteiger partial charge in [-0.2, -0.15) is 0 Å². The molecule has 0 amide bonds. The van der Waals surface area contributed by atoms with E-state index in [1.165, 1.54) is 0 Å². The molecule has 0 aliphatic heterocycles. The fourth-order valence-corrected chi connectivity index (χ4v) is 2.22. The Labute approximate surface area is 120 Å². The highest BCUT2D eigenvalue weighted by atomic mass is 16.3. The zero-order valence-electron chi connectivity index (χ0n) is 12.4. The fraction of sp³-hybridized carbons (Fsp3) is 0.467. The Kier molecular flexibility index (Phi) is 5.00. The van der Waals surface area contributed by atoms with E-state index in [1.54, 1.807) is 0 Å². The fourth-order valence-electron chi connectivity index (χ4n) is 2.22. The molecule has 5 nitrogen and oxygen atoms in total. The van der Waals surface area contributed by atoms with Crippen molar-refractivity contribution in [3.8, 4) is 0 Å². The summed E-state index contributed by atoms with van der Waals surface area (Å²) in [4.78, 5) is 5.30. The number of aliphatic hydroxyl groups excluding tert-OH is 1. The van der Waals surface area contributed by atoms with Crippen molar-refractivity contribution in [2.24, 2.45) is 0 Å². The Balaban J connectivity index is 2.10. The monoisotopic (exact) mass is 276 g/mol. The summed E-state index contributed by atoms with van der Waals surface area (Å²) in [6, 6.07) is 6.14. The van der Waals surface area contributed by atoms with E-state index in [0.717, 1.165) is 41.8 Å². The van der Waals surface area contributed by atoms with E-state index in [9.17, 15) is 5.11 Å². The predicted molar refractivity (Wildman–Crippen MR) is 84.0 cm³/mol. The summed E-state index contributed by atoms with van der Waals surface area (Å²) in [6.45, 7) is 4.61. The number of nitrogens with zero attached hydrogens (tertiary/aromatic N) is 1. The van der Waals surface area contributed by atoms with Crippen LogP contribution in [0.4, 0.5) is 5.69 Å². The average molecular weight is 276 g/mol. The number of hydrogen-bond donors (Lipinski definition) is 4. The molecule has 0 aliphatic carbocycles. The average Bonchev–Trinajstić information content (AvgIpc) is 2.81. The van der Waals surface area contributed by atoms with Crippen LogP contribution in [0.15, 0.2) is 24.4 Å². The van der Waals surface area contributed by atoms with E-state index >= 15 is 0 Å². The summed E-state index contributed by atoms with van der Waals surface area (Å²) in [7, 11) is 4.03. The molecule has 0 saturated heterocycles. The van der Waals surface area contributed by atoms with E-state index in [1.807, 2.05) is 32.4 Å². The van der Waals surface area contributed by atoms with Gasteiger partial charge in [0.1, 0.15) is 6.23 Å². The molecule has 1 unspecified atom stereocenters. The van der Waals surface area contributed by atoms with Crippen LogP contribution in [0.3, 0.4) is 0 Å². The molecule has 0 bridgehead atoms. The van der Waals surface area contributed by atoms with Gasteiger partial charge < -0.3 is 20.3 Å². The minimum atomic E-state index is -0.645. The van der Waals surface area contributed by atoms with E-state index in [4.69, 9.17) is 0 Å². The third-order valence-corrected chi connectivity index (χ3v) is 3.29. The molecule has 110 valence electrons. The number of nitrogens with one attached hydrogen (secondary N) is 3. The van der Waals surface area contributed by atoms with Gasteiger partial charge in [-0.05, 0) is 33.2 Å². The van der Waals surface area contributed by atoms with Gasteiger partial charge in [-0.3, -0.25) is 5.32 Å². The van der Waals surface area contributed by atoms with Crippen LogP contribution in [0, 0.1) is 0 Å². The Morgan fingerprint density at radius 2 is 2.15 bits per heavy atom. The molecule has 0 spiro atoms. The van der Waals surface area contributed by atoms with Crippen molar-refractivity contribution in [1.29, 1.82) is 0 Å². The molecular formula is C15H24N4O. The zero-order chi connectivity index (χ0) is 14.5. The van der Waals surface area contributed by atoms with Gasteiger partial charge in [0, 0.05) is 48.0 Å². The van der Waals surface area contributed by atoms with Crippen molar-refractivity contribution in [2.45, 2.75) is 13.2 Å². The van der Waals surface area contributed by atoms with Crippen LogP contribution in [-0.2, 0) is 0 Å². The third-order valence-electron chi connectivity index (χ3n) is 3.29. The summed E-state index contributed by atoms with van der Waals surface area (Å²) < 4.78 is 0. The number of likely N-dealkylation sites (N-methyl/N-ethyl adjacent to an activating group) is 1. The molecule has 0 aliphatic rings. The second kappa shape index (κ2) is 6.74. The van der Waals surface area contributed by atoms with E-state index in [2.05, 4.69) is 33.5 Å². The van der Waals surface area contributed by atoms with Gasteiger partial charge in [-0.1, -0.05) is 6.07 Å². The zero-order valence-corrected chi connectivity index (χ0v) is 12.4. The molecule has 2 rings (SSSR count). The van der Waals surface area contributed by atoms with Crippen LogP contribution < -0.4 is 10.6 Å². The maximum absolute atomic E-state index is 10.2. The smallest absolute Gasteiger partial charge is 0.133 e. The number of aromatic nitrogens is 1. The van der Waals surface area contributed by atoms with Crippen LogP contribution in [-0.4, -0.2) is 48.7 Å². The number of fused-ring (bicyclic) bond motifs is 1. The molecule has 1 heterocycles. The second-order valence-electron chi connectivity index (χ2n) is 5.19. The minimum Gasteiger partial charge on any atom is -0.385 e. The SMILES string of the molecule is CCNc1ccc2c(C(O)NCCN(C)C)c[nH]c2c1. The van der Waals surface area contributed by atoms with Crippen molar-refractivity contribution >= 4 is 16.6 Å². The topological polar surface area (TPSA) is 63.3 Å². The first-order valence-electron chi connectivity index (χ1n) is 7.03. The number of aliphatic hydroxyl groups is 1. The van der Waals surface area contributed by atoms with Crippen LogP contribution in [0.2, 0.25) is 0 Å². The summed E-state index contributed by atoms with van der Waals surface area (Å²) in [5.74, 6) is 0. The number of hydrogen-bond acceptors (Lipinski definition) is 4. The molecule has 1 aromatic carbocycles. The predicted octanol–water partition coefficient (Wildman–Crippen LogP) is 1.74. The molecule has 20 heavy (non-hydrogen) atoms. The Morgan fingerprint density at radius 3 is 2.85 bits per heavy atom. The van der Waals surface area contributed by atoms with E-state index < -0.39 is 6.23 Å². The molecule has 1 atom stereocenters. The first-order valence-corrected chi connectivity index (χ1v) is 7.03. The number of benzene rings is 1. The number of anilines is 1. The van der Waals surface area contributed by atoms with Crippen molar-refractivity contribution in [1.82, 2.24) is 15.2 Å². The largest absolute Gasteiger partial charge is 0.385 e. The maximum atomic E-state index is 10.2. The van der Waals surface area contributed by atoms with Gasteiger partial charge in [0.2, 0.25) is 0 Å². The van der Waals surface area contributed by atoms with Gasteiger partial charge in [-0.15, -0.1) is 0 Å². The molecule has 4 N–H and O–H groups in total. The van der Waals surface area contributed by atoms with Gasteiger partial charge in [0.15, 0.2) is 0 Å². The van der Waals surface area contributed by atoms with Crippen LogP contribution in [0.5, 0.6) is 0 Å². The van der Waals surface area contributed by atoms with Gasteiger partial charge in [-0.25, -0.2) is 0 Å². The maximum Gasteiger partial charge on any atom is 0.133 e. The van der Waals surface area contributed by atoms with Crippen LogP contribution >= 0.6 is 0 Å². The van der Waals surface area contributed by atoms with Gasteiger partial charge in [0.25, 0.3) is 0 Å². The Bertz CT molecular complexity index is 550. The number of H-pyrrole nitrogens is 1. The summed E-state index contributed by atoms with van der Waals surface area (Å²) >= 11 is 0. The Hall–Kier alpha value is -1.56. The van der Waals surface area contributed by atoms with Gasteiger partial charge in [0.05, 0.1) is 0 Å². The van der Waals surface area contributed by atoms with E-state index in [0.29, 0.717) is 0 Å². The quantitative estimate of drug-likeness (QED) is 0.582. The summed E-state index contributed by atoms with van der Waals surface area (Å²) in [5.41, 5.74) is 3.01. The number of aromatic amines is 1. The lowest BCUT2D eigenvalue weighted by atomic mass is 10.1. The highest BCUT2D eigenvalue weighted by Crippen LogP contribution is 2.25. The van der Waals surface area contributed by atoms with Crippen molar-refractivity contribution in [2.75, 3.05) is 39.0 Å². The molecular weight excluding hydrogens is 252 g/mol. The molecule has 5 heteroatoms. The standard InChI is InChI=1S/C15H24N4O/c1-4-16-11-5-6-12-13(10-18-14(12)9-11)15(20)17-7-8-19(2)3/h5-6,9-10,15-18,20H,4,7-8H2,1-3H3. The lowest BCUT2D eigenvalue weighted by Gasteiger charge is -2.15. The summed E-state index contributed by atoms with van der Waals surface area (Å²) in [5, 5.41) is 17.7. The molecule has 0 saturated carbocycles. The third kappa shape index (κ3) is 3.50. The van der Waals surface area contributed by atoms with Crippen LogP contribution in [0.1, 0.15) is 18.7 Å². The van der Waals surface area contributed by atoms with Crippen molar-refractivity contribution in [3.63, 3.8) is 0 Å². The van der Waals surface area contributed by atoms with Gasteiger partial charge >= 0.3 is 0 Å². The molecule has 0 fully saturated rings. The first-order chi connectivity index (χ1) is 9.61. The van der Waals surface area contributed by atoms with Crippen molar-refractivity contribution in [3.05, 3.63) is 30.0 Å². The molecule has 0 radical (unpaired) electrons. The second-order valence-corrected chi connectivity index (χ2v) is 5.19. The number of rotatable bonds is 7. The highest BCUT2D eigenvalue weighted by Gasteiger charge is 2.12. The summed E-state index contributed by atoms with van der Waals surface area (Å²) in [6.07, 6.45) is 1.22. The van der Waals surface area contributed by atoms with Crippen molar-refractivity contribution < 1.29 is 5.11 Å². The lowest BCUT2D eigenvalue weighted by Crippen LogP contribution is -2.29. The Morgan fingerprint density at radius 1 is 1.35 bits per heavy atom. The normalized spacial score (nSPS) is 13.1. The first kappa shape index (κ1) is 14.8.